The molecule has 4 nitrogen and oxygen atoms in total. The number of aliphatic carboxylic acids is 1. The molecule has 110 valence electrons. The summed E-state index contributed by atoms with van der Waals surface area (Å²) in [5, 5.41) is 9.52. The standard InChI is InChI=1S/C15H27NO3/c1-4-10-16(12(2)3)13(17)11-15(14(18)19)8-6-5-7-9-15/h12H,4-11H2,1-3H3,(H,18,19). The third kappa shape index (κ3) is 3.95. The van der Waals surface area contributed by atoms with Crippen molar-refractivity contribution in [3.8, 4) is 0 Å². The normalized spacial score (nSPS) is 18.3. The molecule has 0 saturated heterocycles. The molecule has 0 unspecified atom stereocenters. The second-order valence-electron chi connectivity index (χ2n) is 6.00. The van der Waals surface area contributed by atoms with Gasteiger partial charge in [-0.2, -0.15) is 0 Å². The monoisotopic (exact) mass is 269 g/mol. The third-order valence-electron chi connectivity index (χ3n) is 4.16. The summed E-state index contributed by atoms with van der Waals surface area (Å²) in [6, 6.07) is 0.141. The highest BCUT2D eigenvalue weighted by molar-refractivity contribution is 5.85. The summed E-state index contributed by atoms with van der Waals surface area (Å²) in [5.41, 5.74) is -0.809. The molecular weight excluding hydrogens is 242 g/mol. The van der Waals surface area contributed by atoms with E-state index in [0.29, 0.717) is 19.4 Å². The fraction of sp³-hybridized carbons (Fsp3) is 0.867. The predicted octanol–water partition coefficient (Wildman–Crippen LogP) is 3.06. The maximum atomic E-state index is 12.4. The van der Waals surface area contributed by atoms with Crippen LogP contribution in [-0.4, -0.2) is 34.5 Å². The second kappa shape index (κ2) is 6.92. The number of carbonyl (C=O) groups is 2. The van der Waals surface area contributed by atoms with Crippen LogP contribution in [0.15, 0.2) is 0 Å². The molecule has 0 aliphatic heterocycles. The van der Waals surface area contributed by atoms with Crippen LogP contribution in [0, 0.1) is 5.41 Å². The number of carboxylic acid groups (broad SMARTS) is 1. The van der Waals surface area contributed by atoms with Crippen LogP contribution in [-0.2, 0) is 9.59 Å². The molecule has 0 atom stereocenters. The third-order valence-corrected chi connectivity index (χ3v) is 4.16. The fourth-order valence-corrected chi connectivity index (χ4v) is 3.00. The van der Waals surface area contributed by atoms with Gasteiger partial charge in [0.05, 0.1) is 5.41 Å². The Morgan fingerprint density at radius 2 is 1.79 bits per heavy atom. The molecular formula is C15H27NO3. The van der Waals surface area contributed by atoms with E-state index >= 15 is 0 Å². The summed E-state index contributed by atoms with van der Waals surface area (Å²) in [6.07, 6.45) is 5.30. The Balaban J connectivity index is 2.78. The first-order chi connectivity index (χ1) is 8.93. The molecule has 1 aliphatic carbocycles. The Labute approximate surface area is 116 Å². The van der Waals surface area contributed by atoms with Crippen LogP contribution in [0.5, 0.6) is 0 Å². The minimum Gasteiger partial charge on any atom is -0.481 e. The van der Waals surface area contributed by atoms with Gasteiger partial charge in [0.2, 0.25) is 5.91 Å². The highest BCUT2D eigenvalue weighted by Gasteiger charge is 2.42. The summed E-state index contributed by atoms with van der Waals surface area (Å²) in [6.45, 7) is 6.73. The van der Waals surface area contributed by atoms with Crippen molar-refractivity contribution in [2.45, 2.75) is 71.8 Å². The van der Waals surface area contributed by atoms with Crippen LogP contribution in [0.4, 0.5) is 0 Å². The predicted molar refractivity (Wildman–Crippen MR) is 74.9 cm³/mol. The Bertz CT molecular complexity index is 319. The van der Waals surface area contributed by atoms with Crippen LogP contribution >= 0.6 is 0 Å². The molecule has 1 saturated carbocycles. The highest BCUT2D eigenvalue weighted by atomic mass is 16.4. The van der Waals surface area contributed by atoms with Crippen molar-refractivity contribution in [3.05, 3.63) is 0 Å². The Kier molecular flexibility index (Phi) is 5.83. The maximum Gasteiger partial charge on any atom is 0.310 e. The molecule has 1 rings (SSSR count). The molecule has 0 aromatic heterocycles. The van der Waals surface area contributed by atoms with Gasteiger partial charge >= 0.3 is 5.97 Å². The lowest BCUT2D eigenvalue weighted by atomic mass is 9.71. The molecule has 19 heavy (non-hydrogen) atoms. The molecule has 4 heteroatoms. The van der Waals surface area contributed by atoms with Crippen LogP contribution < -0.4 is 0 Å². The van der Waals surface area contributed by atoms with Crippen LogP contribution in [0.3, 0.4) is 0 Å². The molecule has 0 aromatic rings. The molecule has 0 bridgehead atoms. The van der Waals surface area contributed by atoms with Gasteiger partial charge in [-0.3, -0.25) is 9.59 Å². The van der Waals surface area contributed by atoms with E-state index in [-0.39, 0.29) is 18.4 Å². The van der Waals surface area contributed by atoms with Gasteiger partial charge in [-0.25, -0.2) is 0 Å². The van der Waals surface area contributed by atoms with Gasteiger partial charge in [0, 0.05) is 19.0 Å². The van der Waals surface area contributed by atoms with E-state index in [1.165, 1.54) is 0 Å². The Hall–Kier alpha value is -1.06. The van der Waals surface area contributed by atoms with Gasteiger partial charge < -0.3 is 10.0 Å². The maximum absolute atomic E-state index is 12.4. The zero-order valence-corrected chi connectivity index (χ0v) is 12.4. The van der Waals surface area contributed by atoms with Crippen molar-refractivity contribution in [1.29, 1.82) is 0 Å². The smallest absolute Gasteiger partial charge is 0.310 e. The molecule has 0 radical (unpaired) electrons. The van der Waals surface area contributed by atoms with E-state index in [9.17, 15) is 14.7 Å². The van der Waals surface area contributed by atoms with Gasteiger partial charge in [-0.1, -0.05) is 26.2 Å². The van der Waals surface area contributed by atoms with E-state index in [2.05, 4.69) is 0 Å². The first kappa shape index (κ1) is 16.0. The van der Waals surface area contributed by atoms with E-state index < -0.39 is 11.4 Å². The molecule has 1 amide bonds. The number of rotatable bonds is 6. The number of carbonyl (C=O) groups excluding carboxylic acids is 1. The van der Waals surface area contributed by atoms with Crippen LogP contribution in [0.1, 0.15) is 65.7 Å². The van der Waals surface area contributed by atoms with Crippen LogP contribution in [0.2, 0.25) is 0 Å². The number of amides is 1. The number of hydrogen-bond donors (Lipinski definition) is 1. The summed E-state index contributed by atoms with van der Waals surface area (Å²) < 4.78 is 0. The van der Waals surface area contributed by atoms with Gasteiger partial charge in [0.1, 0.15) is 0 Å². The topological polar surface area (TPSA) is 57.6 Å². The van der Waals surface area contributed by atoms with Gasteiger partial charge in [-0.15, -0.1) is 0 Å². The second-order valence-corrected chi connectivity index (χ2v) is 6.00. The SMILES string of the molecule is CCCN(C(=O)CC1(C(=O)O)CCCCC1)C(C)C. The van der Waals surface area contributed by atoms with Crippen molar-refractivity contribution < 1.29 is 14.7 Å². The lowest BCUT2D eigenvalue weighted by Gasteiger charge is -2.35. The average molecular weight is 269 g/mol. The van der Waals surface area contributed by atoms with E-state index in [4.69, 9.17) is 0 Å². The minimum absolute atomic E-state index is 0.00106. The van der Waals surface area contributed by atoms with E-state index in [1.807, 2.05) is 25.7 Å². The zero-order chi connectivity index (χ0) is 14.5. The summed E-state index contributed by atoms with van der Waals surface area (Å²) in [5.74, 6) is -0.790. The van der Waals surface area contributed by atoms with Crippen molar-refractivity contribution in [3.63, 3.8) is 0 Å². The van der Waals surface area contributed by atoms with Crippen molar-refractivity contribution >= 4 is 11.9 Å². The van der Waals surface area contributed by atoms with Crippen molar-refractivity contribution in [2.24, 2.45) is 5.41 Å². The fourth-order valence-electron chi connectivity index (χ4n) is 3.00. The first-order valence-corrected chi connectivity index (χ1v) is 7.46. The van der Waals surface area contributed by atoms with E-state index in [0.717, 1.165) is 25.7 Å². The lowest BCUT2D eigenvalue weighted by Crippen LogP contribution is -2.43. The Morgan fingerprint density at radius 3 is 2.21 bits per heavy atom. The van der Waals surface area contributed by atoms with Crippen molar-refractivity contribution in [2.75, 3.05) is 6.54 Å². The summed E-state index contributed by atoms with van der Waals surface area (Å²) in [7, 11) is 0. The largest absolute Gasteiger partial charge is 0.481 e. The average Bonchev–Trinajstić information content (AvgIpc) is 2.36. The highest BCUT2D eigenvalue weighted by Crippen LogP contribution is 2.40. The molecule has 1 aliphatic rings. The van der Waals surface area contributed by atoms with Crippen LogP contribution in [0.25, 0.3) is 0 Å². The molecule has 0 aromatic carbocycles. The number of hydrogen-bond acceptors (Lipinski definition) is 2. The molecule has 1 fully saturated rings. The zero-order valence-electron chi connectivity index (χ0n) is 12.4. The molecule has 0 spiro atoms. The summed E-state index contributed by atoms with van der Waals surface area (Å²) >= 11 is 0. The van der Waals surface area contributed by atoms with Crippen molar-refractivity contribution in [1.82, 2.24) is 4.90 Å². The van der Waals surface area contributed by atoms with Gasteiger partial charge in [0.25, 0.3) is 0 Å². The number of carboxylic acids is 1. The summed E-state index contributed by atoms with van der Waals surface area (Å²) in [4.78, 5) is 25.8. The quantitative estimate of drug-likeness (QED) is 0.806. The molecule has 0 heterocycles. The van der Waals surface area contributed by atoms with Gasteiger partial charge in [0.15, 0.2) is 0 Å². The number of nitrogens with zero attached hydrogens (tertiary/aromatic N) is 1. The molecule has 1 N–H and O–H groups in total. The lowest BCUT2D eigenvalue weighted by molar-refractivity contribution is -0.156. The van der Waals surface area contributed by atoms with E-state index in [1.54, 1.807) is 0 Å². The van der Waals surface area contributed by atoms with Gasteiger partial charge in [-0.05, 0) is 33.1 Å². The first-order valence-electron chi connectivity index (χ1n) is 7.46. The Morgan fingerprint density at radius 1 is 1.21 bits per heavy atom. The minimum atomic E-state index is -0.809.